The molecular weight excluding hydrogens is 258 g/mol. The largest absolute Gasteiger partial charge is 0.481 e. The normalized spacial score (nSPS) is 12.1. The Morgan fingerprint density at radius 3 is 2.42 bits per heavy atom. The Morgan fingerprint density at radius 1 is 1.21 bits per heavy atom. The average Bonchev–Trinajstić information content (AvgIpc) is 2.46. The Bertz CT molecular complexity index is 540. The number of hydrogen-bond acceptors (Lipinski definition) is 3. The molecule has 1 N–H and O–H groups in total. The summed E-state index contributed by atoms with van der Waals surface area (Å²) in [6.45, 7) is 1.70. The number of hydrogen-bond donors (Lipinski definition) is 1. The number of nitrogens with zero attached hydrogens (tertiary/aromatic N) is 1. The number of carboxylic acid groups (broad SMARTS) is 1. The second-order valence-corrected chi connectivity index (χ2v) is 5.32. The van der Waals surface area contributed by atoms with Crippen LogP contribution in [0.1, 0.15) is 24.0 Å². The molecule has 0 aliphatic rings. The van der Waals surface area contributed by atoms with Crippen molar-refractivity contribution in [1.29, 1.82) is 0 Å². The fourth-order valence-electron chi connectivity index (χ4n) is 1.65. The van der Waals surface area contributed by atoms with Gasteiger partial charge in [-0.1, -0.05) is 24.3 Å². The van der Waals surface area contributed by atoms with E-state index < -0.39 is 11.9 Å². The van der Waals surface area contributed by atoms with Gasteiger partial charge in [0.2, 0.25) is 0 Å². The topological polar surface area (TPSA) is 50.2 Å². The minimum atomic E-state index is -0.793. The summed E-state index contributed by atoms with van der Waals surface area (Å²) in [4.78, 5) is 16.0. The van der Waals surface area contributed by atoms with Crippen molar-refractivity contribution in [3.63, 3.8) is 0 Å². The molecule has 0 saturated carbocycles. The van der Waals surface area contributed by atoms with E-state index in [1.165, 1.54) is 10.5 Å². The van der Waals surface area contributed by atoms with Crippen LogP contribution < -0.4 is 0 Å². The Balaban J connectivity index is 1.97. The lowest BCUT2D eigenvalue weighted by Crippen LogP contribution is -2.07. The van der Waals surface area contributed by atoms with Crippen LogP contribution in [0.4, 0.5) is 0 Å². The zero-order valence-corrected chi connectivity index (χ0v) is 11.4. The lowest BCUT2D eigenvalue weighted by atomic mass is 10.0. The Morgan fingerprint density at radius 2 is 1.84 bits per heavy atom. The van der Waals surface area contributed by atoms with Crippen LogP contribution in [-0.2, 0) is 10.5 Å². The van der Waals surface area contributed by atoms with Crippen molar-refractivity contribution in [2.75, 3.05) is 0 Å². The van der Waals surface area contributed by atoms with E-state index in [0.29, 0.717) is 0 Å². The first-order chi connectivity index (χ1) is 9.16. The quantitative estimate of drug-likeness (QED) is 0.846. The lowest BCUT2D eigenvalue weighted by Gasteiger charge is -2.07. The number of pyridine rings is 1. The van der Waals surface area contributed by atoms with Crippen LogP contribution in [0.25, 0.3) is 0 Å². The zero-order chi connectivity index (χ0) is 13.7. The molecule has 1 unspecified atom stereocenters. The second-order valence-electron chi connectivity index (χ2n) is 4.27. The number of benzene rings is 1. The van der Waals surface area contributed by atoms with Crippen LogP contribution in [0.3, 0.4) is 0 Å². The maximum absolute atomic E-state index is 10.9. The van der Waals surface area contributed by atoms with Crippen molar-refractivity contribution < 1.29 is 9.90 Å². The minimum absolute atomic E-state index is 0.457. The zero-order valence-electron chi connectivity index (χ0n) is 10.6. The van der Waals surface area contributed by atoms with Gasteiger partial charge in [-0.2, -0.15) is 0 Å². The highest BCUT2D eigenvalue weighted by Crippen LogP contribution is 2.23. The highest BCUT2D eigenvalue weighted by atomic mass is 32.2. The fraction of sp³-hybridized carbons (Fsp3) is 0.200. The third kappa shape index (κ3) is 3.83. The highest BCUT2D eigenvalue weighted by Gasteiger charge is 2.12. The molecule has 0 amide bonds. The molecule has 3 nitrogen and oxygen atoms in total. The van der Waals surface area contributed by atoms with Crippen LogP contribution in [0, 0.1) is 0 Å². The fourth-order valence-corrected chi connectivity index (χ4v) is 2.49. The molecule has 0 aliphatic heterocycles. The first-order valence-corrected chi connectivity index (χ1v) is 7.00. The van der Waals surface area contributed by atoms with E-state index in [4.69, 9.17) is 5.11 Å². The van der Waals surface area contributed by atoms with Gasteiger partial charge in [-0.25, -0.2) is 0 Å². The van der Waals surface area contributed by atoms with Crippen molar-refractivity contribution in [3.8, 4) is 0 Å². The van der Waals surface area contributed by atoms with E-state index in [1.807, 2.05) is 36.4 Å². The molecule has 0 fully saturated rings. The van der Waals surface area contributed by atoms with E-state index >= 15 is 0 Å². The summed E-state index contributed by atoms with van der Waals surface area (Å²) >= 11 is 1.74. The molecule has 1 aromatic carbocycles. The Labute approximate surface area is 116 Å². The van der Waals surface area contributed by atoms with E-state index in [-0.39, 0.29) is 0 Å². The molecule has 0 spiro atoms. The smallest absolute Gasteiger partial charge is 0.310 e. The maximum Gasteiger partial charge on any atom is 0.310 e. The standard InChI is InChI=1S/C15H15NO2S/c1-11(15(17)18)13-4-2-12(3-5-13)10-19-14-6-8-16-9-7-14/h2-9,11H,10H2,1H3,(H,17,18). The van der Waals surface area contributed by atoms with Gasteiger partial charge in [0, 0.05) is 23.0 Å². The van der Waals surface area contributed by atoms with Gasteiger partial charge in [0.1, 0.15) is 0 Å². The van der Waals surface area contributed by atoms with Gasteiger partial charge in [0.05, 0.1) is 5.92 Å². The lowest BCUT2D eigenvalue weighted by molar-refractivity contribution is -0.138. The van der Waals surface area contributed by atoms with Crippen LogP contribution in [0.5, 0.6) is 0 Å². The summed E-state index contributed by atoms with van der Waals surface area (Å²) < 4.78 is 0. The minimum Gasteiger partial charge on any atom is -0.481 e. The summed E-state index contributed by atoms with van der Waals surface area (Å²) in [5, 5.41) is 8.95. The molecule has 0 bridgehead atoms. The van der Waals surface area contributed by atoms with Gasteiger partial charge in [0.15, 0.2) is 0 Å². The van der Waals surface area contributed by atoms with E-state index in [0.717, 1.165) is 11.3 Å². The van der Waals surface area contributed by atoms with Crippen molar-refractivity contribution in [1.82, 2.24) is 4.98 Å². The Kier molecular flexibility index (Phi) is 4.58. The van der Waals surface area contributed by atoms with Crippen molar-refractivity contribution in [2.45, 2.75) is 23.5 Å². The number of thioether (sulfide) groups is 1. The van der Waals surface area contributed by atoms with Crippen molar-refractivity contribution >= 4 is 17.7 Å². The molecular formula is C15H15NO2S. The molecule has 0 aliphatic carbocycles. The predicted octanol–water partition coefficient (Wildman–Crippen LogP) is 3.56. The van der Waals surface area contributed by atoms with Gasteiger partial charge in [0.25, 0.3) is 0 Å². The number of aliphatic carboxylic acids is 1. The molecule has 0 radical (unpaired) electrons. The number of rotatable bonds is 5. The first-order valence-electron chi connectivity index (χ1n) is 6.01. The van der Waals surface area contributed by atoms with Gasteiger partial charge >= 0.3 is 5.97 Å². The monoisotopic (exact) mass is 273 g/mol. The maximum atomic E-state index is 10.9. The van der Waals surface area contributed by atoms with Crippen LogP contribution in [0.15, 0.2) is 53.7 Å². The third-order valence-corrected chi connectivity index (χ3v) is 3.99. The molecule has 98 valence electrons. The summed E-state index contributed by atoms with van der Waals surface area (Å²) in [6, 6.07) is 11.7. The predicted molar refractivity (Wildman–Crippen MR) is 76.3 cm³/mol. The first kappa shape index (κ1) is 13.6. The van der Waals surface area contributed by atoms with Crippen LogP contribution in [0.2, 0.25) is 0 Å². The molecule has 1 heterocycles. The molecule has 0 saturated heterocycles. The molecule has 4 heteroatoms. The molecule has 2 aromatic rings. The number of carboxylic acids is 1. The number of aromatic nitrogens is 1. The Hall–Kier alpha value is -1.81. The third-order valence-electron chi connectivity index (χ3n) is 2.91. The van der Waals surface area contributed by atoms with Gasteiger partial charge in [-0.15, -0.1) is 11.8 Å². The van der Waals surface area contributed by atoms with E-state index in [2.05, 4.69) is 4.98 Å². The molecule has 19 heavy (non-hydrogen) atoms. The van der Waals surface area contributed by atoms with Crippen LogP contribution in [-0.4, -0.2) is 16.1 Å². The summed E-state index contributed by atoms with van der Waals surface area (Å²) in [7, 11) is 0. The number of carbonyl (C=O) groups is 1. The van der Waals surface area contributed by atoms with Gasteiger partial charge in [-0.05, 0) is 30.2 Å². The van der Waals surface area contributed by atoms with E-state index in [9.17, 15) is 4.79 Å². The molecule has 1 atom stereocenters. The highest BCUT2D eigenvalue weighted by molar-refractivity contribution is 7.98. The van der Waals surface area contributed by atoms with Crippen molar-refractivity contribution in [3.05, 3.63) is 59.9 Å². The van der Waals surface area contributed by atoms with Crippen LogP contribution >= 0.6 is 11.8 Å². The van der Waals surface area contributed by atoms with Gasteiger partial charge in [-0.3, -0.25) is 9.78 Å². The average molecular weight is 273 g/mol. The van der Waals surface area contributed by atoms with E-state index in [1.54, 1.807) is 31.1 Å². The summed E-state index contributed by atoms with van der Waals surface area (Å²) in [5.74, 6) is -0.382. The molecule has 1 aromatic heterocycles. The summed E-state index contributed by atoms with van der Waals surface area (Å²) in [6.07, 6.45) is 3.56. The van der Waals surface area contributed by atoms with Gasteiger partial charge < -0.3 is 5.11 Å². The second kappa shape index (κ2) is 6.38. The SMILES string of the molecule is CC(C(=O)O)c1ccc(CSc2ccncc2)cc1. The van der Waals surface area contributed by atoms with Crippen molar-refractivity contribution in [2.24, 2.45) is 0 Å². The molecule has 2 rings (SSSR count). The summed E-state index contributed by atoms with van der Waals surface area (Å²) in [5.41, 5.74) is 2.02.